The number of amides is 2. The zero-order valence-corrected chi connectivity index (χ0v) is 22.2. The van der Waals surface area contributed by atoms with Crippen molar-refractivity contribution in [3.63, 3.8) is 0 Å². The molecular formula is C28H35N3O4S. The highest BCUT2D eigenvalue weighted by molar-refractivity contribution is 7.92. The second-order valence-corrected chi connectivity index (χ2v) is 11.2. The van der Waals surface area contributed by atoms with Crippen LogP contribution in [0.25, 0.3) is 10.8 Å². The van der Waals surface area contributed by atoms with Crippen molar-refractivity contribution in [1.82, 2.24) is 10.2 Å². The summed E-state index contributed by atoms with van der Waals surface area (Å²) in [7, 11) is -3.80. The fourth-order valence-corrected chi connectivity index (χ4v) is 5.00. The van der Waals surface area contributed by atoms with Gasteiger partial charge in [0.1, 0.15) is 12.6 Å². The number of sulfonamides is 1. The molecule has 192 valence electrons. The van der Waals surface area contributed by atoms with Crippen molar-refractivity contribution in [2.75, 3.05) is 23.7 Å². The van der Waals surface area contributed by atoms with Crippen LogP contribution in [0.3, 0.4) is 0 Å². The fourth-order valence-electron chi connectivity index (χ4n) is 4.14. The van der Waals surface area contributed by atoms with Crippen LogP contribution in [0.1, 0.15) is 32.8 Å². The summed E-state index contributed by atoms with van der Waals surface area (Å²) >= 11 is 0. The molecule has 8 heteroatoms. The van der Waals surface area contributed by atoms with E-state index in [0.717, 1.165) is 26.9 Å². The van der Waals surface area contributed by atoms with E-state index in [9.17, 15) is 18.0 Å². The van der Waals surface area contributed by atoms with E-state index in [4.69, 9.17) is 0 Å². The standard InChI is InChI=1S/C28H35N3O4S/c1-5-25(28(33)29-18-21(2)3)30(19-22-12-7-6-8-13-22)27(32)20-31(36(4,34)35)26-17-11-15-23-14-9-10-16-24(23)26/h6-17,21,25H,5,18-20H2,1-4H3,(H,29,33)/t25-/m1/s1. The van der Waals surface area contributed by atoms with Crippen molar-refractivity contribution in [1.29, 1.82) is 0 Å². The lowest BCUT2D eigenvalue weighted by molar-refractivity contribution is -0.140. The Balaban J connectivity index is 1.99. The molecule has 7 nitrogen and oxygen atoms in total. The number of benzene rings is 3. The van der Waals surface area contributed by atoms with Crippen molar-refractivity contribution >= 4 is 38.3 Å². The molecule has 2 amide bonds. The van der Waals surface area contributed by atoms with Gasteiger partial charge in [-0.1, -0.05) is 87.5 Å². The molecule has 3 aromatic carbocycles. The lowest BCUT2D eigenvalue weighted by atomic mass is 10.1. The Bertz CT molecular complexity index is 1290. The number of rotatable bonds is 11. The van der Waals surface area contributed by atoms with Gasteiger partial charge in [-0.25, -0.2) is 8.42 Å². The maximum absolute atomic E-state index is 13.8. The SMILES string of the molecule is CC[C@H](C(=O)NCC(C)C)N(Cc1ccccc1)C(=O)CN(c1cccc2ccccc12)S(C)(=O)=O. The van der Waals surface area contributed by atoms with Gasteiger partial charge in [-0.05, 0) is 29.4 Å². The van der Waals surface area contributed by atoms with Crippen molar-refractivity contribution < 1.29 is 18.0 Å². The van der Waals surface area contributed by atoms with Crippen LogP contribution >= 0.6 is 0 Å². The molecule has 0 aromatic heterocycles. The first-order chi connectivity index (χ1) is 17.1. The molecule has 0 heterocycles. The van der Waals surface area contributed by atoms with E-state index in [1.54, 1.807) is 12.1 Å². The van der Waals surface area contributed by atoms with Crippen molar-refractivity contribution in [3.8, 4) is 0 Å². The van der Waals surface area contributed by atoms with Gasteiger partial charge in [0.05, 0.1) is 11.9 Å². The summed E-state index contributed by atoms with van der Waals surface area (Å²) in [6, 6.07) is 21.5. The molecule has 3 rings (SSSR count). The summed E-state index contributed by atoms with van der Waals surface area (Å²) in [5.74, 6) is -0.424. The van der Waals surface area contributed by atoms with Gasteiger partial charge >= 0.3 is 0 Å². The number of fused-ring (bicyclic) bond motifs is 1. The van der Waals surface area contributed by atoms with E-state index in [-0.39, 0.29) is 18.4 Å². The predicted molar refractivity (Wildman–Crippen MR) is 145 cm³/mol. The Hall–Kier alpha value is -3.39. The van der Waals surface area contributed by atoms with Gasteiger partial charge in [0.25, 0.3) is 0 Å². The Labute approximate surface area is 214 Å². The first-order valence-corrected chi connectivity index (χ1v) is 14.0. The number of hydrogen-bond acceptors (Lipinski definition) is 4. The van der Waals surface area contributed by atoms with Gasteiger partial charge in [0.15, 0.2) is 0 Å². The molecular weight excluding hydrogens is 474 g/mol. The number of carbonyl (C=O) groups excluding carboxylic acids is 2. The van der Waals surface area contributed by atoms with Crippen LogP contribution in [0.2, 0.25) is 0 Å². The summed E-state index contributed by atoms with van der Waals surface area (Å²) < 4.78 is 27.0. The average Bonchev–Trinajstić information content (AvgIpc) is 2.85. The van der Waals surface area contributed by atoms with Crippen molar-refractivity contribution in [2.45, 2.75) is 39.8 Å². The first-order valence-electron chi connectivity index (χ1n) is 12.2. The van der Waals surface area contributed by atoms with E-state index in [2.05, 4.69) is 5.32 Å². The molecule has 0 aliphatic carbocycles. The Morgan fingerprint density at radius 2 is 1.56 bits per heavy atom. The van der Waals surface area contributed by atoms with E-state index in [0.29, 0.717) is 18.7 Å². The van der Waals surface area contributed by atoms with Crippen LogP contribution in [0.4, 0.5) is 5.69 Å². The maximum Gasteiger partial charge on any atom is 0.244 e. The molecule has 0 aliphatic rings. The van der Waals surface area contributed by atoms with Gasteiger partial charge < -0.3 is 10.2 Å². The molecule has 0 saturated heterocycles. The lowest BCUT2D eigenvalue weighted by Crippen LogP contribution is -2.52. The highest BCUT2D eigenvalue weighted by Gasteiger charge is 2.32. The molecule has 0 radical (unpaired) electrons. The Kier molecular flexibility index (Phi) is 9.09. The second-order valence-electron chi connectivity index (χ2n) is 9.34. The van der Waals surface area contributed by atoms with Gasteiger partial charge in [-0.3, -0.25) is 13.9 Å². The molecule has 0 bridgehead atoms. The summed E-state index contributed by atoms with van der Waals surface area (Å²) in [4.78, 5) is 28.4. The van der Waals surface area contributed by atoms with E-state index in [1.807, 2.05) is 81.4 Å². The van der Waals surface area contributed by atoms with Crippen molar-refractivity contribution in [2.24, 2.45) is 5.92 Å². The van der Waals surface area contributed by atoms with E-state index < -0.39 is 28.5 Å². The molecule has 0 saturated carbocycles. The highest BCUT2D eigenvalue weighted by Crippen LogP contribution is 2.28. The molecule has 1 N–H and O–H groups in total. The van der Waals surface area contributed by atoms with Gasteiger partial charge in [-0.15, -0.1) is 0 Å². The van der Waals surface area contributed by atoms with Crippen LogP contribution < -0.4 is 9.62 Å². The smallest absolute Gasteiger partial charge is 0.244 e. The summed E-state index contributed by atoms with van der Waals surface area (Å²) in [6.45, 7) is 6.14. The highest BCUT2D eigenvalue weighted by atomic mass is 32.2. The first kappa shape index (κ1) is 27.2. The van der Waals surface area contributed by atoms with Crippen LogP contribution in [0.15, 0.2) is 72.8 Å². The van der Waals surface area contributed by atoms with E-state index >= 15 is 0 Å². The number of nitrogens with zero attached hydrogens (tertiary/aromatic N) is 2. The molecule has 1 atom stereocenters. The molecule has 36 heavy (non-hydrogen) atoms. The third-order valence-corrected chi connectivity index (χ3v) is 7.11. The van der Waals surface area contributed by atoms with Crippen LogP contribution in [0, 0.1) is 5.92 Å². The minimum Gasteiger partial charge on any atom is -0.354 e. The minimum absolute atomic E-state index is 0.195. The van der Waals surface area contributed by atoms with Gasteiger partial charge in [0.2, 0.25) is 21.8 Å². The Morgan fingerprint density at radius 1 is 0.917 bits per heavy atom. The van der Waals surface area contributed by atoms with Crippen molar-refractivity contribution in [3.05, 3.63) is 78.4 Å². The fraction of sp³-hybridized carbons (Fsp3) is 0.357. The second kappa shape index (κ2) is 12.0. The largest absolute Gasteiger partial charge is 0.354 e. The van der Waals surface area contributed by atoms with Crippen LogP contribution in [0.5, 0.6) is 0 Å². The Morgan fingerprint density at radius 3 is 2.19 bits per heavy atom. The lowest BCUT2D eigenvalue weighted by Gasteiger charge is -2.33. The monoisotopic (exact) mass is 509 g/mol. The minimum atomic E-state index is -3.80. The molecule has 3 aromatic rings. The van der Waals surface area contributed by atoms with Crippen LogP contribution in [-0.4, -0.2) is 50.5 Å². The average molecular weight is 510 g/mol. The van der Waals surface area contributed by atoms with Crippen LogP contribution in [-0.2, 0) is 26.2 Å². The van der Waals surface area contributed by atoms with E-state index in [1.165, 1.54) is 4.90 Å². The summed E-state index contributed by atoms with van der Waals surface area (Å²) in [6.07, 6.45) is 1.49. The quantitative estimate of drug-likeness (QED) is 0.420. The number of nitrogens with one attached hydrogen (secondary N) is 1. The third kappa shape index (κ3) is 6.85. The molecule has 0 unspecified atom stereocenters. The zero-order valence-electron chi connectivity index (χ0n) is 21.3. The normalized spacial score (nSPS) is 12.4. The number of anilines is 1. The zero-order chi connectivity index (χ0) is 26.3. The number of hydrogen-bond donors (Lipinski definition) is 1. The predicted octanol–water partition coefficient (Wildman–Crippen LogP) is 4.19. The van der Waals surface area contributed by atoms with Gasteiger partial charge in [-0.2, -0.15) is 0 Å². The summed E-state index contributed by atoms with van der Waals surface area (Å²) in [5, 5.41) is 4.53. The molecule has 0 fully saturated rings. The summed E-state index contributed by atoms with van der Waals surface area (Å²) in [5.41, 5.74) is 1.29. The maximum atomic E-state index is 13.8. The van der Waals surface area contributed by atoms with Gasteiger partial charge in [0, 0.05) is 18.5 Å². The topological polar surface area (TPSA) is 86.8 Å². The molecule has 0 aliphatic heterocycles. The molecule has 0 spiro atoms. The third-order valence-electron chi connectivity index (χ3n) is 5.98. The number of carbonyl (C=O) groups is 2.